The Balaban J connectivity index is 2.19. The molecule has 15 heavy (non-hydrogen) atoms. The van der Waals surface area contributed by atoms with E-state index in [1.807, 2.05) is 44.2 Å². The van der Waals surface area contributed by atoms with Crippen LogP contribution in [0.2, 0.25) is 0 Å². The largest absolute Gasteiger partial charge is 0.465 e. The fourth-order valence-corrected chi connectivity index (χ4v) is 1.27. The Labute approximate surface area is 91.3 Å². The topological polar surface area (TPSA) is 26.3 Å². The van der Waals surface area contributed by atoms with Gasteiger partial charge in [0.15, 0.2) is 0 Å². The number of rotatable bonds is 5. The number of hydrogen-bond acceptors (Lipinski definition) is 2. The molecule has 0 N–H and O–H groups in total. The lowest BCUT2D eigenvalue weighted by Crippen LogP contribution is -2.09. The van der Waals surface area contributed by atoms with Gasteiger partial charge in [0, 0.05) is 6.42 Å². The molecule has 0 aliphatic heterocycles. The lowest BCUT2D eigenvalue weighted by molar-refractivity contribution is -0.143. The Morgan fingerprint density at radius 1 is 1.20 bits per heavy atom. The van der Waals surface area contributed by atoms with E-state index in [2.05, 4.69) is 0 Å². The molecular weight excluding hydrogens is 188 g/mol. The molecular formula is C13H17O2. The molecule has 0 saturated carbocycles. The maximum atomic E-state index is 11.2. The highest BCUT2D eigenvalue weighted by molar-refractivity contribution is 5.71. The number of hydrogen-bond donors (Lipinski definition) is 0. The van der Waals surface area contributed by atoms with Gasteiger partial charge in [0.05, 0.1) is 13.0 Å². The molecule has 0 amide bonds. The van der Waals surface area contributed by atoms with Crippen LogP contribution in [0.25, 0.3) is 0 Å². The first-order chi connectivity index (χ1) is 7.18. The smallest absolute Gasteiger partial charge is 0.306 e. The Hall–Kier alpha value is -1.31. The van der Waals surface area contributed by atoms with Crippen molar-refractivity contribution in [2.45, 2.75) is 26.7 Å². The predicted molar refractivity (Wildman–Crippen MR) is 60.3 cm³/mol. The van der Waals surface area contributed by atoms with E-state index in [-0.39, 0.29) is 5.97 Å². The van der Waals surface area contributed by atoms with Crippen molar-refractivity contribution in [2.24, 2.45) is 0 Å². The summed E-state index contributed by atoms with van der Waals surface area (Å²) in [5.74, 6) is 0.950. The third-order valence-electron chi connectivity index (χ3n) is 1.99. The third kappa shape index (κ3) is 5.21. The first-order valence-electron chi connectivity index (χ1n) is 5.17. The van der Waals surface area contributed by atoms with Crippen LogP contribution >= 0.6 is 0 Å². The summed E-state index contributed by atoms with van der Waals surface area (Å²) in [6, 6.07) is 10.0. The molecule has 0 unspecified atom stereocenters. The quantitative estimate of drug-likeness (QED) is 0.691. The second-order valence-electron chi connectivity index (χ2n) is 3.84. The van der Waals surface area contributed by atoms with Gasteiger partial charge in [0.25, 0.3) is 0 Å². The van der Waals surface area contributed by atoms with Gasteiger partial charge in [-0.25, -0.2) is 0 Å². The molecule has 0 heterocycles. The molecule has 0 aliphatic carbocycles. The van der Waals surface area contributed by atoms with Crippen molar-refractivity contribution in [1.82, 2.24) is 0 Å². The molecule has 1 aromatic carbocycles. The van der Waals surface area contributed by atoms with E-state index < -0.39 is 0 Å². The van der Waals surface area contributed by atoms with Crippen molar-refractivity contribution in [2.75, 3.05) is 6.61 Å². The highest BCUT2D eigenvalue weighted by atomic mass is 16.5. The van der Waals surface area contributed by atoms with Crippen LogP contribution in [0.3, 0.4) is 0 Å². The molecule has 0 atom stereocenters. The van der Waals surface area contributed by atoms with E-state index in [0.717, 1.165) is 12.3 Å². The summed E-state index contributed by atoms with van der Waals surface area (Å²) in [4.78, 5) is 11.2. The molecule has 2 nitrogen and oxygen atoms in total. The zero-order valence-corrected chi connectivity index (χ0v) is 9.32. The van der Waals surface area contributed by atoms with Crippen molar-refractivity contribution in [1.29, 1.82) is 0 Å². The summed E-state index contributed by atoms with van der Waals surface area (Å²) in [5, 5.41) is 0. The minimum Gasteiger partial charge on any atom is -0.465 e. The van der Waals surface area contributed by atoms with Crippen LogP contribution in [-0.4, -0.2) is 12.6 Å². The molecule has 81 valence electrons. The van der Waals surface area contributed by atoms with E-state index in [9.17, 15) is 4.79 Å². The van der Waals surface area contributed by atoms with Crippen molar-refractivity contribution in [3.8, 4) is 0 Å². The number of benzene rings is 1. The van der Waals surface area contributed by atoms with E-state index in [0.29, 0.717) is 13.0 Å². The van der Waals surface area contributed by atoms with Crippen LogP contribution in [0.4, 0.5) is 0 Å². The van der Waals surface area contributed by atoms with E-state index in [1.54, 1.807) is 0 Å². The number of carbonyl (C=O) groups excluding carboxylic acids is 1. The van der Waals surface area contributed by atoms with Gasteiger partial charge in [-0.1, -0.05) is 44.2 Å². The molecule has 2 heteroatoms. The number of esters is 1. The Kier molecular flexibility index (Phi) is 4.88. The van der Waals surface area contributed by atoms with Gasteiger partial charge >= 0.3 is 5.97 Å². The summed E-state index contributed by atoms with van der Waals surface area (Å²) in [6.45, 7) is 4.33. The fourth-order valence-electron chi connectivity index (χ4n) is 1.27. The summed E-state index contributed by atoms with van der Waals surface area (Å²) in [5.41, 5.74) is 1.20. The average Bonchev–Trinajstić information content (AvgIpc) is 2.18. The molecule has 0 fully saturated rings. The zero-order chi connectivity index (χ0) is 11.1. The molecule has 0 aliphatic rings. The molecule has 0 bridgehead atoms. The van der Waals surface area contributed by atoms with Gasteiger partial charge in [-0.05, 0) is 11.5 Å². The van der Waals surface area contributed by atoms with Gasteiger partial charge in [-0.15, -0.1) is 0 Å². The molecule has 0 aromatic heterocycles. The van der Waals surface area contributed by atoms with Crippen LogP contribution in [-0.2, 0) is 16.0 Å². The highest BCUT2D eigenvalue weighted by Crippen LogP contribution is 2.04. The van der Waals surface area contributed by atoms with Crippen molar-refractivity contribution < 1.29 is 9.53 Å². The zero-order valence-electron chi connectivity index (χ0n) is 9.32. The van der Waals surface area contributed by atoms with Crippen LogP contribution in [0.15, 0.2) is 30.3 Å². The standard InChI is InChI=1S/C13H17O2/c1-11(2)10-13(14)15-9-8-12-6-4-3-5-7-12/h3-7H,8-10H2,1-2H3. The average molecular weight is 205 g/mol. The third-order valence-corrected chi connectivity index (χ3v) is 1.99. The van der Waals surface area contributed by atoms with Gasteiger partial charge in [-0.3, -0.25) is 4.79 Å². The Bertz CT molecular complexity index is 291. The maximum absolute atomic E-state index is 11.2. The second kappa shape index (κ2) is 6.23. The normalized spacial score (nSPS) is 10.3. The summed E-state index contributed by atoms with van der Waals surface area (Å²) in [6.07, 6.45) is 1.21. The molecule has 0 saturated heterocycles. The minimum absolute atomic E-state index is 0.133. The predicted octanol–water partition coefficient (Wildman–Crippen LogP) is 2.78. The summed E-state index contributed by atoms with van der Waals surface area (Å²) < 4.78 is 5.10. The monoisotopic (exact) mass is 205 g/mol. The number of carbonyl (C=O) groups is 1. The van der Waals surface area contributed by atoms with Crippen molar-refractivity contribution in [3.63, 3.8) is 0 Å². The minimum atomic E-state index is -0.133. The Morgan fingerprint density at radius 3 is 2.47 bits per heavy atom. The van der Waals surface area contributed by atoms with E-state index in [1.165, 1.54) is 5.56 Å². The first kappa shape index (κ1) is 11.8. The van der Waals surface area contributed by atoms with Gasteiger partial charge in [-0.2, -0.15) is 0 Å². The Morgan fingerprint density at radius 2 is 1.87 bits per heavy atom. The highest BCUT2D eigenvalue weighted by Gasteiger charge is 2.05. The van der Waals surface area contributed by atoms with Crippen LogP contribution in [0.1, 0.15) is 25.8 Å². The molecule has 1 rings (SSSR count). The SMILES string of the molecule is C[C](C)CC(=O)OCCc1ccccc1. The molecule has 1 aromatic rings. The van der Waals surface area contributed by atoms with Gasteiger partial charge in [0.1, 0.15) is 0 Å². The lowest BCUT2D eigenvalue weighted by atomic mass is 10.1. The molecule has 0 spiro atoms. The lowest BCUT2D eigenvalue weighted by Gasteiger charge is -2.06. The van der Waals surface area contributed by atoms with Gasteiger partial charge < -0.3 is 4.74 Å². The van der Waals surface area contributed by atoms with E-state index >= 15 is 0 Å². The summed E-state index contributed by atoms with van der Waals surface area (Å²) >= 11 is 0. The van der Waals surface area contributed by atoms with Crippen molar-refractivity contribution in [3.05, 3.63) is 41.8 Å². The van der Waals surface area contributed by atoms with E-state index in [4.69, 9.17) is 4.74 Å². The van der Waals surface area contributed by atoms with Gasteiger partial charge in [0.2, 0.25) is 0 Å². The van der Waals surface area contributed by atoms with Crippen molar-refractivity contribution >= 4 is 5.97 Å². The van der Waals surface area contributed by atoms with Crippen LogP contribution in [0, 0.1) is 5.92 Å². The second-order valence-corrected chi connectivity index (χ2v) is 3.84. The first-order valence-corrected chi connectivity index (χ1v) is 5.17. The summed E-state index contributed by atoms with van der Waals surface area (Å²) in [7, 11) is 0. The maximum Gasteiger partial charge on any atom is 0.306 e. The van der Waals surface area contributed by atoms with Crippen LogP contribution in [0.5, 0.6) is 0 Å². The number of ether oxygens (including phenoxy) is 1. The molecule has 1 radical (unpaired) electrons. The van der Waals surface area contributed by atoms with Crippen LogP contribution < -0.4 is 0 Å². The fraction of sp³-hybridized carbons (Fsp3) is 0.385.